The third-order valence-corrected chi connectivity index (χ3v) is 4.72. The van der Waals surface area contributed by atoms with Crippen molar-refractivity contribution >= 4 is 29.9 Å². The van der Waals surface area contributed by atoms with E-state index in [-0.39, 0.29) is 29.4 Å². The van der Waals surface area contributed by atoms with Crippen molar-refractivity contribution in [3.05, 3.63) is 59.5 Å². The lowest BCUT2D eigenvalue weighted by Crippen LogP contribution is -2.42. The Labute approximate surface area is 173 Å². The SMILES string of the molecule is CN=C(NCCc1ccco1)NCC1(c2cccc(C(F)(F)F)c2)CC1.I. The van der Waals surface area contributed by atoms with E-state index in [2.05, 4.69) is 15.6 Å². The number of alkyl halides is 3. The van der Waals surface area contributed by atoms with Crippen molar-refractivity contribution in [2.75, 3.05) is 20.1 Å². The lowest BCUT2D eigenvalue weighted by molar-refractivity contribution is -0.137. The third-order valence-electron chi connectivity index (χ3n) is 4.72. The van der Waals surface area contributed by atoms with E-state index >= 15 is 0 Å². The smallest absolute Gasteiger partial charge is 0.416 e. The number of halogens is 4. The van der Waals surface area contributed by atoms with Gasteiger partial charge in [0.15, 0.2) is 5.96 Å². The Morgan fingerprint density at radius 1 is 1.19 bits per heavy atom. The number of hydrogen-bond donors (Lipinski definition) is 2. The van der Waals surface area contributed by atoms with Crippen LogP contribution in [0.2, 0.25) is 0 Å². The van der Waals surface area contributed by atoms with E-state index in [1.54, 1.807) is 19.4 Å². The first-order valence-electron chi connectivity index (χ1n) is 8.58. The van der Waals surface area contributed by atoms with Gasteiger partial charge in [0, 0.05) is 32.0 Å². The molecule has 148 valence electrons. The lowest BCUT2D eigenvalue weighted by Gasteiger charge is -2.20. The molecular weight excluding hydrogens is 470 g/mol. The number of hydrogen-bond acceptors (Lipinski definition) is 2. The molecular formula is C19H23F3IN3O. The topological polar surface area (TPSA) is 49.6 Å². The number of guanidine groups is 1. The highest BCUT2D eigenvalue weighted by Crippen LogP contribution is 2.48. The van der Waals surface area contributed by atoms with Crippen LogP contribution in [-0.4, -0.2) is 26.1 Å². The van der Waals surface area contributed by atoms with Crippen LogP contribution in [0.25, 0.3) is 0 Å². The van der Waals surface area contributed by atoms with Gasteiger partial charge in [-0.25, -0.2) is 0 Å². The first kappa shape index (κ1) is 21.6. The summed E-state index contributed by atoms with van der Waals surface area (Å²) in [4.78, 5) is 4.17. The fraction of sp³-hybridized carbons (Fsp3) is 0.421. The van der Waals surface area contributed by atoms with Gasteiger partial charge in [-0.05, 0) is 36.6 Å². The fourth-order valence-corrected chi connectivity index (χ4v) is 2.98. The van der Waals surface area contributed by atoms with Crippen LogP contribution in [-0.2, 0) is 18.0 Å². The summed E-state index contributed by atoms with van der Waals surface area (Å²) in [6.45, 7) is 1.21. The molecule has 1 fully saturated rings. The van der Waals surface area contributed by atoms with Gasteiger partial charge in [-0.15, -0.1) is 24.0 Å². The maximum absolute atomic E-state index is 12.9. The molecule has 0 aliphatic heterocycles. The zero-order valence-electron chi connectivity index (χ0n) is 15.0. The van der Waals surface area contributed by atoms with Gasteiger partial charge in [-0.1, -0.05) is 18.2 Å². The van der Waals surface area contributed by atoms with Crippen LogP contribution >= 0.6 is 24.0 Å². The van der Waals surface area contributed by atoms with Gasteiger partial charge in [-0.3, -0.25) is 4.99 Å². The molecule has 0 spiro atoms. The molecule has 27 heavy (non-hydrogen) atoms. The molecule has 1 aromatic heterocycles. The highest BCUT2D eigenvalue weighted by atomic mass is 127. The van der Waals surface area contributed by atoms with E-state index < -0.39 is 11.7 Å². The van der Waals surface area contributed by atoms with Crippen molar-refractivity contribution in [1.29, 1.82) is 0 Å². The molecule has 4 nitrogen and oxygen atoms in total. The van der Waals surface area contributed by atoms with Crippen molar-refractivity contribution in [2.24, 2.45) is 4.99 Å². The average molecular weight is 493 g/mol. The van der Waals surface area contributed by atoms with Crippen molar-refractivity contribution in [3.8, 4) is 0 Å². The van der Waals surface area contributed by atoms with Crippen LogP contribution in [0.4, 0.5) is 13.2 Å². The Morgan fingerprint density at radius 2 is 1.96 bits per heavy atom. The van der Waals surface area contributed by atoms with Gasteiger partial charge in [0.1, 0.15) is 5.76 Å². The third kappa shape index (κ3) is 5.63. The molecule has 1 saturated carbocycles. The molecule has 1 heterocycles. The summed E-state index contributed by atoms with van der Waals surface area (Å²) in [7, 11) is 1.67. The van der Waals surface area contributed by atoms with E-state index in [9.17, 15) is 13.2 Å². The summed E-state index contributed by atoms with van der Waals surface area (Å²) in [6.07, 6.45) is -0.223. The zero-order chi connectivity index (χ0) is 18.6. The van der Waals surface area contributed by atoms with Gasteiger partial charge >= 0.3 is 6.18 Å². The Kier molecular flexibility index (Phi) is 7.19. The maximum atomic E-state index is 12.9. The summed E-state index contributed by atoms with van der Waals surface area (Å²) < 4.78 is 44.1. The first-order chi connectivity index (χ1) is 12.4. The minimum Gasteiger partial charge on any atom is -0.469 e. The van der Waals surface area contributed by atoms with Gasteiger partial charge in [-0.2, -0.15) is 13.2 Å². The van der Waals surface area contributed by atoms with Crippen LogP contribution < -0.4 is 10.6 Å². The minimum atomic E-state index is -4.32. The van der Waals surface area contributed by atoms with Crippen LogP contribution in [0, 0.1) is 0 Å². The summed E-state index contributed by atoms with van der Waals surface area (Å²) in [5, 5.41) is 6.43. The Bertz CT molecular complexity index is 756. The number of benzene rings is 1. The number of nitrogens with one attached hydrogen (secondary N) is 2. The maximum Gasteiger partial charge on any atom is 0.416 e. The molecule has 1 aliphatic rings. The molecule has 0 bridgehead atoms. The zero-order valence-corrected chi connectivity index (χ0v) is 17.3. The van der Waals surface area contributed by atoms with Crippen molar-refractivity contribution in [3.63, 3.8) is 0 Å². The summed E-state index contributed by atoms with van der Waals surface area (Å²) in [5.74, 6) is 1.52. The van der Waals surface area contributed by atoms with Crippen molar-refractivity contribution in [1.82, 2.24) is 10.6 Å². The van der Waals surface area contributed by atoms with E-state index in [4.69, 9.17) is 4.42 Å². The number of furan rings is 1. The summed E-state index contributed by atoms with van der Waals surface area (Å²) in [6, 6.07) is 9.38. The second-order valence-corrected chi connectivity index (χ2v) is 6.54. The van der Waals surface area contributed by atoms with Gasteiger partial charge in [0.05, 0.1) is 11.8 Å². The number of nitrogens with zero attached hydrogens (tertiary/aromatic N) is 1. The predicted octanol–water partition coefficient (Wildman–Crippen LogP) is 4.36. The van der Waals surface area contributed by atoms with Crippen molar-refractivity contribution in [2.45, 2.75) is 30.9 Å². The molecule has 1 aromatic carbocycles. The normalized spacial score (nSPS) is 15.8. The molecule has 0 unspecified atom stereocenters. The summed E-state index contributed by atoms with van der Waals surface area (Å²) >= 11 is 0. The molecule has 2 N–H and O–H groups in total. The molecule has 0 atom stereocenters. The monoisotopic (exact) mass is 493 g/mol. The Morgan fingerprint density at radius 3 is 2.56 bits per heavy atom. The van der Waals surface area contributed by atoms with Gasteiger partial charge in [0.2, 0.25) is 0 Å². The standard InChI is InChI=1S/C19H22F3N3O.HI/c1-23-17(24-10-7-16-6-3-11-26-16)25-13-18(8-9-18)14-4-2-5-15(12-14)19(20,21)22;/h2-6,11-12H,7-10,13H2,1H3,(H2,23,24,25);1H. The van der Waals surface area contributed by atoms with E-state index in [1.807, 2.05) is 12.1 Å². The predicted molar refractivity (Wildman–Crippen MR) is 110 cm³/mol. The number of aliphatic imine (C=N–C) groups is 1. The Hall–Kier alpha value is -1.71. The first-order valence-corrected chi connectivity index (χ1v) is 8.58. The number of rotatable bonds is 6. The van der Waals surface area contributed by atoms with Crippen LogP contribution in [0.1, 0.15) is 29.7 Å². The average Bonchev–Trinajstić information content (AvgIpc) is 3.24. The van der Waals surface area contributed by atoms with Gasteiger partial charge < -0.3 is 15.1 Å². The van der Waals surface area contributed by atoms with Gasteiger partial charge in [0.25, 0.3) is 0 Å². The molecule has 0 radical (unpaired) electrons. The largest absolute Gasteiger partial charge is 0.469 e. The van der Waals surface area contributed by atoms with E-state index in [0.717, 1.165) is 36.7 Å². The van der Waals surface area contributed by atoms with Crippen LogP contribution in [0.15, 0.2) is 52.1 Å². The molecule has 1 aliphatic carbocycles. The highest BCUT2D eigenvalue weighted by molar-refractivity contribution is 14.0. The van der Waals surface area contributed by atoms with E-state index in [0.29, 0.717) is 19.0 Å². The minimum absolute atomic E-state index is 0. The van der Waals surface area contributed by atoms with Crippen LogP contribution in [0.3, 0.4) is 0 Å². The van der Waals surface area contributed by atoms with E-state index in [1.165, 1.54) is 12.1 Å². The van der Waals surface area contributed by atoms with Crippen LogP contribution in [0.5, 0.6) is 0 Å². The molecule has 0 amide bonds. The highest BCUT2D eigenvalue weighted by Gasteiger charge is 2.45. The molecule has 2 aromatic rings. The fourth-order valence-electron chi connectivity index (χ4n) is 2.98. The van der Waals surface area contributed by atoms with Crippen molar-refractivity contribution < 1.29 is 17.6 Å². The second-order valence-electron chi connectivity index (χ2n) is 6.54. The lowest BCUT2D eigenvalue weighted by atomic mass is 9.94. The molecule has 3 rings (SSSR count). The summed E-state index contributed by atoms with van der Waals surface area (Å²) in [5.41, 5.74) is -0.118. The second kappa shape index (κ2) is 8.99. The molecule has 8 heteroatoms. The quantitative estimate of drug-likeness (QED) is 0.358. The molecule has 0 saturated heterocycles. The Balaban J connectivity index is 0.00000261.